The summed E-state index contributed by atoms with van der Waals surface area (Å²) in [6, 6.07) is 27.7. The molecule has 1 aromatic heterocycles. The molecule has 0 spiro atoms. The van der Waals surface area contributed by atoms with Gasteiger partial charge in [0.25, 0.3) is 0 Å². The molecule has 3 aromatic carbocycles. The Morgan fingerprint density at radius 2 is 1.43 bits per heavy atom. The number of hydrogen-bond acceptors (Lipinski definition) is 4. The number of hydrogen-bond donors (Lipinski definition) is 1. The van der Waals surface area contributed by atoms with Gasteiger partial charge in [0, 0.05) is 21.8 Å². The summed E-state index contributed by atoms with van der Waals surface area (Å²) in [5, 5.41) is 5.54. The van der Waals surface area contributed by atoms with Gasteiger partial charge in [-0.2, -0.15) is 13.5 Å². The largest absolute Gasteiger partial charge is 0.399 e. The van der Waals surface area contributed by atoms with Gasteiger partial charge in [-0.3, -0.25) is 0 Å². The zero-order chi connectivity index (χ0) is 19.9. The van der Waals surface area contributed by atoms with Crippen molar-refractivity contribution in [2.45, 2.75) is 0 Å². The molecule has 0 aliphatic heterocycles. The van der Waals surface area contributed by atoms with Gasteiger partial charge in [-0.05, 0) is 42.5 Å². The van der Waals surface area contributed by atoms with Gasteiger partial charge in [0.2, 0.25) is 0 Å². The Balaban J connectivity index is 0.000000706. The predicted octanol–water partition coefficient (Wildman–Crippen LogP) is 4.77. The molecule has 0 aliphatic rings. The van der Waals surface area contributed by atoms with Crippen LogP contribution in [0, 0.1) is 0 Å². The molecular formula is C21H16ClN3O2S. The van der Waals surface area contributed by atoms with E-state index in [9.17, 15) is 0 Å². The zero-order valence-electron chi connectivity index (χ0n) is 14.7. The summed E-state index contributed by atoms with van der Waals surface area (Å²) in [6.07, 6.45) is 0. The lowest BCUT2D eigenvalue weighted by Crippen LogP contribution is -1.99. The number of rotatable bonds is 3. The van der Waals surface area contributed by atoms with Gasteiger partial charge in [0.05, 0.1) is 17.1 Å². The van der Waals surface area contributed by atoms with Crippen LogP contribution in [0.25, 0.3) is 28.2 Å². The highest BCUT2D eigenvalue weighted by Gasteiger charge is 2.13. The van der Waals surface area contributed by atoms with E-state index in [1.54, 1.807) is 0 Å². The van der Waals surface area contributed by atoms with Crippen molar-refractivity contribution < 1.29 is 8.42 Å². The van der Waals surface area contributed by atoms with Gasteiger partial charge in [-0.1, -0.05) is 54.1 Å². The Bertz CT molecular complexity index is 1030. The second-order valence-electron chi connectivity index (χ2n) is 5.86. The topological polar surface area (TPSA) is 78.0 Å². The molecule has 7 heteroatoms. The fourth-order valence-electron chi connectivity index (χ4n) is 2.77. The number of halogens is 1. The van der Waals surface area contributed by atoms with Gasteiger partial charge < -0.3 is 5.73 Å². The number of aromatic nitrogens is 2. The average Bonchev–Trinajstić information content (AvgIpc) is 3.16. The number of nitrogen functional groups attached to an aromatic ring is 1. The summed E-state index contributed by atoms with van der Waals surface area (Å²) in [4.78, 5) is 0. The third-order valence-corrected chi connectivity index (χ3v) is 4.31. The maximum atomic E-state index is 8.29. The zero-order valence-corrected chi connectivity index (χ0v) is 16.2. The maximum Gasteiger partial charge on any atom is 0.335 e. The maximum absolute atomic E-state index is 8.29. The Labute approximate surface area is 171 Å². The van der Waals surface area contributed by atoms with Crippen molar-refractivity contribution in [1.29, 1.82) is 0 Å². The molecule has 0 radical (unpaired) electrons. The first kappa shape index (κ1) is 19.5. The first-order valence-electron chi connectivity index (χ1n) is 8.31. The van der Waals surface area contributed by atoms with Crippen LogP contribution in [0.1, 0.15) is 0 Å². The molecule has 0 saturated heterocycles. The van der Waals surface area contributed by atoms with Crippen LogP contribution in [-0.2, 0) is 11.6 Å². The third kappa shape index (κ3) is 4.54. The molecule has 0 unspecified atom stereocenters. The molecule has 1 heterocycles. The average molecular weight is 410 g/mol. The Kier molecular flexibility index (Phi) is 6.37. The first-order valence-corrected chi connectivity index (χ1v) is 9.36. The molecule has 28 heavy (non-hydrogen) atoms. The molecule has 0 fully saturated rings. The van der Waals surface area contributed by atoms with E-state index in [1.807, 2.05) is 71.4 Å². The molecule has 4 rings (SSSR count). The summed E-state index contributed by atoms with van der Waals surface area (Å²) in [6.45, 7) is 0. The van der Waals surface area contributed by atoms with Crippen LogP contribution in [0.4, 0.5) is 5.69 Å². The van der Waals surface area contributed by atoms with Gasteiger partial charge >= 0.3 is 11.6 Å². The van der Waals surface area contributed by atoms with Crippen LogP contribution in [0.2, 0.25) is 5.02 Å². The molecule has 0 aliphatic carbocycles. The SMILES string of the molecule is Nc1ccc(-n2nc(-c3ccccc3)cc2-c2ccc(Cl)cc2)cc1.O=S=O. The molecule has 0 bridgehead atoms. The van der Waals surface area contributed by atoms with E-state index in [0.29, 0.717) is 5.02 Å². The van der Waals surface area contributed by atoms with E-state index in [4.69, 9.17) is 30.9 Å². The van der Waals surface area contributed by atoms with E-state index in [1.165, 1.54) is 0 Å². The minimum atomic E-state index is -0.750. The van der Waals surface area contributed by atoms with Crippen molar-refractivity contribution >= 4 is 28.9 Å². The first-order chi connectivity index (χ1) is 13.6. The fraction of sp³-hybridized carbons (Fsp3) is 0. The number of benzene rings is 3. The second-order valence-corrected chi connectivity index (χ2v) is 6.43. The highest BCUT2D eigenvalue weighted by atomic mass is 35.5. The van der Waals surface area contributed by atoms with Crippen LogP contribution in [-0.4, -0.2) is 18.2 Å². The Hall–Kier alpha value is -3.22. The minimum absolute atomic E-state index is 0.714. The van der Waals surface area contributed by atoms with E-state index in [-0.39, 0.29) is 0 Å². The second kappa shape index (κ2) is 9.12. The number of nitrogens with zero attached hydrogens (tertiary/aromatic N) is 2. The highest BCUT2D eigenvalue weighted by molar-refractivity contribution is 7.51. The van der Waals surface area contributed by atoms with E-state index < -0.39 is 11.6 Å². The Morgan fingerprint density at radius 3 is 2.04 bits per heavy atom. The lowest BCUT2D eigenvalue weighted by atomic mass is 10.1. The van der Waals surface area contributed by atoms with Crippen LogP contribution in [0.15, 0.2) is 84.9 Å². The van der Waals surface area contributed by atoms with Gasteiger partial charge in [0.1, 0.15) is 0 Å². The smallest absolute Gasteiger partial charge is 0.335 e. The van der Waals surface area contributed by atoms with Gasteiger partial charge in [0.15, 0.2) is 0 Å². The summed E-state index contributed by atoms with van der Waals surface area (Å²) < 4.78 is 18.5. The highest BCUT2D eigenvalue weighted by Crippen LogP contribution is 2.29. The Morgan fingerprint density at radius 1 is 0.821 bits per heavy atom. The van der Waals surface area contributed by atoms with Crippen molar-refractivity contribution in [3.8, 4) is 28.2 Å². The lowest BCUT2D eigenvalue weighted by Gasteiger charge is -2.08. The predicted molar refractivity (Wildman–Crippen MR) is 113 cm³/mol. The van der Waals surface area contributed by atoms with E-state index in [2.05, 4.69) is 18.2 Å². The summed E-state index contributed by atoms with van der Waals surface area (Å²) in [5.74, 6) is 0. The van der Waals surface area contributed by atoms with Crippen LogP contribution in [0.3, 0.4) is 0 Å². The third-order valence-electron chi connectivity index (χ3n) is 4.06. The summed E-state index contributed by atoms with van der Waals surface area (Å²) in [5.41, 5.74) is 11.6. The van der Waals surface area contributed by atoms with Crippen molar-refractivity contribution in [2.24, 2.45) is 0 Å². The molecule has 5 nitrogen and oxygen atoms in total. The van der Waals surface area contributed by atoms with Crippen molar-refractivity contribution in [2.75, 3.05) is 5.73 Å². The van der Waals surface area contributed by atoms with Crippen LogP contribution in [0.5, 0.6) is 0 Å². The molecule has 140 valence electrons. The molecule has 2 N–H and O–H groups in total. The fourth-order valence-corrected chi connectivity index (χ4v) is 2.90. The number of nitrogens with two attached hydrogens (primary N) is 1. The van der Waals surface area contributed by atoms with Gasteiger partial charge in [-0.25, -0.2) is 4.68 Å². The van der Waals surface area contributed by atoms with E-state index in [0.717, 1.165) is 33.9 Å². The molecule has 0 saturated carbocycles. The molecule has 0 amide bonds. The lowest BCUT2D eigenvalue weighted by molar-refractivity contribution is 0.630. The normalized spacial score (nSPS) is 10.0. The monoisotopic (exact) mass is 409 g/mol. The van der Waals surface area contributed by atoms with Crippen LogP contribution >= 0.6 is 11.6 Å². The standard InChI is InChI=1S/C21H16ClN3.O2S/c22-17-8-6-16(7-9-17)21-14-20(15-4-2-1-3-5-15)24-25(21)19-12-10-18(23)11-13-19;1-3-2/h1-14H,23H2;. The van der Waals surface area contributed by atoms with Crippen molar-refractivity contribution in [3.05, 3.63) is 90.0 Å². The van der Waals surface area contributed by atoms with Crippen molar-refractivity contribution in [1.82, 2.24) is 9.78 Å². The van der Waals surface area contributed by atoms with Crippen LogP contribution < -0.4 is 5.73 Å². The summed E-state index contributed by atoms with van der Waals surface area (Å²) in [7, 11) is 0. The molecule has 0 atom stereocenters. The minimum Gasteiger partial charge on any atom is -0.399 e. The number of anilines is 1. The molecular weight excluding hydrogens is 394 g/mol. The molecule has 4 aromatic rings. The van der Waals surface area contributed by atoms with Gasteiger partial charge in [-0.15, -0.1) is 0 Å². The quantitative estimate of drug-likeness (QED) is 0.494. The van der Waals surface area contributed by atoms with E-state index >= 15 is 0 Å². The van der Waals surface area contributed by atoms with Crippen molar-refractivity contribution in [3.63, 3.8) is 0 Å². The summed E-state index contributed by atoms with van der Waals surface area (Å²) >= 11 is 5.29.